The predicted molar refractivity (Wildman–Crippen MR) is 115 cm³/mol. The Labute approximate surface area is 174 Å². The van der Waals surface area contributed by atoms with E-state index in [0.717, 1.165) is 29.5 Å². The van der Waals surface area contributed by atoms with Crippen LogP contribution in [0.15, 0.2) is 22.7 Å². The Balaban J connectivity index is 1.77. The lowest BCUT2D eigenvalue weighted by Gasteiger charge is -2.22. The van der Waals surface area contributed by atoms with Gasteiger partial charge in [-0.2, -0.15) is 4.98 Å². The number of hydrogen-bond donors (Lipinski definition) is 3. The van der Waals surface area contributed by atoms with E-state index in [9.17, 15) is 5.11 Å². The van der Waals surface area contributed by atoms with E-state index in [1.807, 2.05) is 19.1 Å². The second kappa shape index (κ2) is 7.80. The molecular formula is C21H26ClN5O2. The summed E-state index contributed by atoms with van der Waals surface area (Å²) in [6, 6.07) is 3.98. The molecule has 4 rings (SSSR count). The first-order valence-corrected chi connectivity index (χ1v) is 10.4. The van der Waals surface area contributed by atoms with E-state index >= 15 is 0 Å². The first-order valence-electron chi connectivity index (χ1n) is 10.0. The number of hydrogen-bond acceptors (Lipinski definition) is 7. The van der Waals surface area contributed by atoms with Crippen LogP contribution >= 0.6 is 11.6 Å². The van der Waals surface area contributed by atoms with E-state index in [2.05, 4.69) is 34.1 Å². The second-order valence-corrected chi connectivity index (χ2v) is 8.24. The van der Waals surface area contributed by atoms with Gasteiger partial charge in [0.25, 0.3) is 0 Å². The second-order valence-electron chi connectivity index (χ2n) is 7.88. The predicted octanol–water partition coefficient (Wildman–Crippen LogP) is 4.15. The van der Waals surface area contributed by atoms with Crippen LogP contribution in [-0.2, 0) is 6.42 Å². The lowest BCUT2D eigenvalue weighted by atomic mass is 9.92. The van der Waals surface area contributed by atoms with Crippen molar-refractivity contribution >= 4 is 34.3 Å². The molecule has 0 aliphatic heterocycles. The molecule has 8 heteroatoms. The van der Waals surface area contributed by atoms with Crippen LogP contribution in [0.1, 0.15) is 32.9 Å². The number of nitrogens with one attached hydrogen (secondary N) is 1. The van der Waals surface area contributed by atoms with Gasteiger partial charge in [-0.25, -0.2) is 4.98 Å². The third-order valence-corrected chi connectivity index (χ3v) is 6.57. The molecule has 3 heterocycles. The van der Waals surface area contributed by atoms with Crippen LogP contribution in [0.4, 0.5) is 11.8 Å². The summed E-state index contributed by atoms with van der Waals surface area (Å²) in [6.45, 7) is 6.58. The first kappa shape index (κ1) is 19.9. The number of anilines is 2. The maximum atomic E-state index is 9.67. The highest BCUT2D eigenvalue weighted by atomic mass is 35.5. The summed E-state index contributed by atoms with van der Waals surface area (Å²) >= 11 is 6.49. The molecule has 0 bridgehead atoms. The summed E-state index contributed by atoms with van der Waals surface area (Å²) in [5.41, 5.74) is 8.11. The number of aliphatic hydroxyl groups is 1. The largest absolute Gasteiger partial charge is 0.454 e. The highest BCUT2D eigenvalue weighted by molar-refractivity contribution is 6.32. The topological polar surface area (TPSA) is 110 Å². The van der Waals surface area contributed by atoms with Crippen LogP contribution in [0.5, 0.6) is 0 Å². The smallest absolute Gasteiger partial charge is 0.223 e. The van der Waals surface area contributed by atoms with Crippen molar-refractivity contribution in [3.05, 3.63) is 29.2 Å². The number of aryl methyl sites for hydroxylation is 1. The molecule has 0 aromatic carbocycles. The third kappa shape index (κ3) is 3.53. The summed E-state index contributed by atoms with van der Waals surface area (Å²) in [6.07, 6.45) is 3.39. The average Bonchev–Trinajstić information content (AvgIpc) is 3.23. The normalized spacial score (nSPS) is 24.3. The third-order valence-electron chi connectivity index (χ3n) is 6.29. The fraction of sp³-hybridized carbons (Fsp3) is 0.476. The van der Waals surface area contributed by atoms with E-state index in [-0.39, 0.29) is 29.7 Å². The van der Waals surface area contributed by atoms with Gasteiger partial charge in [-0.3, -0.25) is 4.98 Å². The first-order chi connectivity index (χ1) is 13.9. The van der Waals surface area contributed by atoms with E-state index in [0.29, 0.717) is 29.0 Å². The van der Waals surface area contributed by atoms with Gasteiger partial charge < -0.3 is 20.6 Å². The summed E-state index contributed by atoms with van der Waals surface area (Å²) in [5, 5.41) is 14.4. The molecule has 1 aliphatic carbocycles. The summed E-state index contributed by atoms with van der Waals surface area (Å²) in [4.78, 5) is 13.0. The molecular weight excluding hydrogens is 390 g/mol. The number of pyridine rings is 1. The molecule has 1 fully saturated rings. The van der Waals surface area contributed by atoms with Crippen molar-refractivity contribution in [2.75, 3.05) is 17.7 Å². The molecule has 7 nitrogen and oxygen atoms in total. The van der Waals surface area contributed by atoms with Crippen LogP contribution in [0.25, 0.3) is 22.3 Å². The number of nitrogens with zero attached hydrogens (tertiary/aromatic N) is 3. The lowest BCUT2D eigenvalue weighted by Crippen LogP contribution is -2.25. The summed E-state index contributed by atoms with van der Waals surface area (Å²) in [5.74, 6) is 2.25. The zero-order valence-electron chi connectivity index (χ0n) is 16.8. The Hall–Kier alpha value is -2.38. The van der Waals surface area contributed by atoms with Crippen molar-refractivity contribution in [1.82, 2.24) is 15.0 Å². The van der Waals surface area contributed by atoms with Crippen LogP contribution in [0.2, 0.25) is 5.15 Å². The van der Waals surface area contributed by atoms with Crippen molar-refractivity contribution in [3.8, 4) is 11.3 Å². The fourth-order valence-electron chi connectivity index (χ4n) is 4.33. The molecule has 0 saturated heterocycles. The molecule has 0 amide bonds. The van der Waals surface area contributed by atoms with Gasteiger partial charge in [0.2, 0.25) is 5.95 Å². The van der Waals surface area contributed by atoms with E-state index in [1.54, 1.807) is 6.20 Å². The zero-order chi connectivity index (χ0) is 20.7. The number of furan rings is 1. The van der Waals surface area contributed by atoms with Gasteiger partial charge in [0.1, 0.15) is 16.7 Å². The minimum atomic E-state index is 0.102. The Morgan fingerprint density at radius 2 is 2.10 bits per heavy atom. The maximum absolute atomic E-state index is 9.67. The molecule has 0 radical (unpaired) electrons. The standard InChI is InChI=1S/C21H26ClN5O2/c1-4-14-18-12(5-6-24-14)8-16(29-18)17-19(22)26-21(23)27-20(17)25-15-7-13(9-28)10(2)11(15)3/h5-6,8,10-11,13,15,28H,4,7,9H2,1-3H3,(H3,23,25,26,27)/t10-,11+,13+,15+/m0/s1. The van der Waals surface area contributed by atoms with Gasteiger partial charge in [0.15, 0.2) is 5.58 Å². The number of fused-ring (bicyclic) bond motifs is 1. The van der Waals surface area contributed by atoms with Gasteiger partial charge in [-0.15, -0.1) is 0 Å². The van der Waals surface area contributed by atoms with Gasteiger partial charge in [0.05, 0.1) is 11.3 Å². The van der Waals surface area contributed by atoms with Crippen molar-refractivity contribution in [2.24, 2.45) is 17.8 Å². The van der Waals surface area contributed by atoms with Crippen molar-refractivity contribution < 1.29 is 9.52 Å². The zero-order valence-corrected chi connectivity index (χ0v) is 17.6. The van der Waals surface area contributed by atoms with Crippen LogP contribution in [-0.4, -0.2) is 32.7 Å². The Morgan fingerprint density at radius 1 is 1.31 bits per heavy atom. The lowest BCUT2D eigenvalue weighted by molar-refractivity contribution is 0.191. The number of aromatic nitrogens is 3. The monoisotopic (exact) mass is 415 g/mol. The van der Waals surface area contributed by atoms with Crippen LogP contribution in [0.3, 0.4) is 0 Å². The van der Waals surface area contributed by atoms with Gasteiger partial charge in [-0.1, -0.05) is 32.4 Å². The Bertz CT molecular complexity index is 1040. The minimum Gasteiger partial charge on any atom is -0.454 e. The van der Waals surface area contributed by atoms with Crippen molar-refractivity contribution in [1.29, 1.82) is 0 Å². The van der Waals surface area contributed by atoms with Gasteiger partial charge in [-0.05, 0) is 42.7 Å². The molecule has 29 heavy (non-hydrogen) atoms. The molecule has 1 saturated carbocycles. The van der Waals surface area contributed by atoms with Crippen LogP contribution < -0.4 is 11.1 Å². The number of aliphatic hydroxyl groups excluding tert-OH is 1. The van der Waals surface area contributed by atoms with Crippen molar-refractivity contribution in [3.63, 3.8) is 0 Å². The molecule has 154 valence electrons. The fourth-order valence-corrected chi connectivity index (χ4v) is 4.60. The molecule has 3 aromatic rings. The molecule has 4 N–H and O–H groups in total. The SMILES string of the molecule is CCc1nccc2cc(-c3c(Cl)nc(N)nc3N[C@@H]3C[C@H](CO)[C@@H](C)[C@H]3C)oc12. The molecule has 1 aliphatic rings. The van der Waals surface area contributed by atoms with Gasteiger partial charge >= 0.3 is 0 Å². The van der Waals surface area contributed by atoms with E-state index < -0.39 is 0 Å². The molecule has 0 unspecified atom stereocenters. The highest BCUT2D eigenvalue weighted by Gasteiger charge is 2.38. The molecule has 4 atom stereocenters. The maximum Gasteiger partial charge on any atom is 0.223 e. The van der Waals surface area contributed by atoms with Gasteiger partial charge in [0, 0.05) is 24.2 Å². The van der Waals surface area contributed by atoms with E-state index in [1.165, 1.54) is 0 Å². The van der Waals surface area contributed by atoms with E-state index in [4.69, 9.17) is 21.8 Å². The van der Waals surface area contributed by atoms with Crippen LogP contribution in [0, 0.1) is 17.8 Å². The molecule has 0 spiro atoms. The number of halogens is 1. The van der Waals surface area contributed by atoms with Crippen molar-refractivity contribution in [2.45, 2.75) is 39.7 Å². The number of nitrogen functional groups attached to an aromatic ring is 1. The highest BCUT2D eigenvalue weighted by Crippen LogP contribution is 2.41. The minimum absolute atomic E-state index is 0.102. The number of rotatable bonds is 5. The summed E-state index contributed by atoms with van der Waals surface area (Å²) < 4.78 is 6.14. The average molecular weight is 416 g/mol. The quantitative estimate of drug-likeness (QED) is 0.537. The summed E-state index contributed by atoms with van der Waals surface area (Å²) in [7, 11) is 0. The Morgan fingerprint density at radius 3 is 2.79 bits per heavy atom. The number of nitrogens with two attached hydrogens (primary N) is 1. The Kier molecular flexibility index (Phi) is 5.36. The molecule has 3 aromatic heterocycles.